The zero-order valence-corrected chi connectivity index (χ0v) is 15.7. The zero-order chi connectivity index (χ0) is 17.2. The summed E-state index contributed by atoms with van der Waals surface area (Å²) < 4.78 is 10.8. The Bertz CT molecular complexity index is 767. The summed E-state index contributed by atoms with van der Waals surface area (Å²) in [5.74, 6) is 0.842. The number of anilines is 1. The summed E-state index contributed by atoms with van der Waals surface area (Å²) in [5.41, 5.74) is 2.63. The molecule has 142 valence electrons. The fraction of sp³-hybridized carbons (Fsp3) is 0.556. The number of carbonyl (C=O) groups excluding carboxylic acids is 1. The van der Waals surface area contributed by atoms with Crippen molar-refractivity contribution in [2.24, 2.45) is 0 Å². The highest BCUT2D eigenvalue weighted by molar-refractivity contribution is 6.09. The molecule has 2 aliphatic heterocycles. The summed E-state index contributed by atoms with van der Waals surface area (Å²) in [6.07, 6.45) is 5.38. The van der Waals surface area contributed by atoms with Gasteiger partial charge in [0, 0.05) is 50.1 Å². The third kappa shape index (κ3) is 3.65. The van der Waals surface area contributed by atoms with Crippen LogP contribution >= 0.6 is 12.4 Å². The van der Waals surface area contributed by atoms with Gasteiger partial charge in [0.1, 0.15) is 0 Å². The molecule has 0 aliphatic carbocycles. The van der Waals surface area contributed by atoms with Crippen molar-refractivity contribution < 1.29 is 14.3 Å². The van der Waals surface area contributed by atoms with Gasteiger partial charge in [0.05, 0.1) is 24.3 Å². The van der Waals surface area contributed by atoms with Gasteiger partial charge >= 0.3 is 0 Å². The number of ether oxygens (including phenoxy) is 2. The van der Waals surface area contributed by atoms with Gasteiger partial charge in [0.15, 0.2) is 5.82 Å². The van der Waals surface area contributed by atoms with Crippen molar-refractivity contribution in [1.29, 1.82) is 0 Å². The van der Waals surface area contributed by atoms with Crippen LogP contribution in [0.5, 0.6) is 0 Å². The lowest BCUT2D eigenvalue weighted by molar-refractivity contribution is 0.0697. The van der Waals surface area contributed by atoms with Gasteiger partial charge in [-0.2, -0.15) is 0 Å². The molecule has 0 spiro atoms. The minimum absolute atomic E-state index is 0. The number of hydrogen-bond acceptors (Lipinski definition) is 5. The van der Waals surface area contributed by atoms with Crippen molar-refractivity contribution in [3.8, 4) is 0 Å². The number of rotatable bonds is 3. The molecule has 2 aromatic rings. The van der Waals surface area contributed by atoms with Crippen LogP contribution in [0.4, 0.5) is 5.82 Å². The predicted octanol–water partition coefficient (Wildman–Crippen LogP) is 2.04. The summed E-state index contributed by atoms with van der Waals surface area (Å²) in [4.78, 5) is 23.0. The van der Waals surface area contributed by atoms with Crippen LogP contribution in [0.1, 0.15) is 28.8 Å². The lowest BCUT2D eigenvalue weighted by atomic mass is 10.1. The molecule has 0 saturated carbocycles. The third-order valence-electron chi connectivity index (χ3n) is 5.00. The lowest BCUT2D eigenvalue weighted by Crippen LogP contribution is -2.39. The second-order valence-electron chi connectivity index (χ2n) is 6.68. The van der Waals surface area contributed by atoms with E-state index in [-0.39, 0.29) is 24.4 Å². The maximum Gasteiger partial charge on any atom is 0.253 e. The average Bonchev–Trinajstić information content (AvgIpc) is 3.04. The number of halogens is 1. The SMILES string of the molecule is Cc1c[nH]c2c(N3CCOCC3)ncc(C(=O)NC3CCOCC3)c12.Cl. The van der Waals surface area contributed by atoms with Crippen LogP contribution in [0, 0.1) is 6.92 Å². The van der Waals surface area contributed by atoms with Crippen LogP contribution in [0.2, 0.25) is 0 Å². The van der Waals surface area contributed by atoms with Crippen LogP contribution in [0.3, 0.4) is 0 Å². The monoisotopic (exact) mass is 380 g/mol. The Kier molecular flexibility index (Phi) is 6.01. The molecule has 2 fully saturated rings. The molecule has 8 heteroatoms. The number of amides is 1. The number of nitrogens with one attached hydrogen (secondary N) is 2. The number of morpholine rings is 1. The Hall–Kier alpha value is -1.83. The Morgan fingerprint density at radius 1 is 1.23 bits per heavy atom. The topological polar surface area (TPSA) is 79.5 Å². The molecule has 0 bridgehead atoms. The quantitative estimate of drug-likeness (QED) is 0.851. The summed E-state index contributed by atoms with van der Waals surface area (Å²) in [7, 11) is 0. The molecule has 2 N–H and O–H groups in total. The van der Waals surface area contributed by atoms with Gasteiger partial charge in [-0.3, -0.25) is 4.79 Å². The van der Waals surface area contributed by atoms with Gasteiger partial charge < -0.3 is 24.7 Å². The van der Waals surface area contributed by atoms with Crippen molar-refractivity contribution in [3.05, 3.63) is 23.5 Å². The second kappa shape index (κ2) is 8.24. The first-order valence-electron chi connectivity index (χ1n) is 8.92. The van der Waals surface area contributed by atoms with Crippen molar-refractivity contribution in [2.45, 2.75) is 25.8 Å². The van der Waals surface area contributed by atoms with Crippen LogP contribution in [0.15, 0.2) is 12.4 Å². The van der Waals surface area contributed by atoms with Crippen LogP contribution < -0.4 is 10.2 Å². The van der Waals surface area contributed by atoms with E-state index in [0.29, 0.717) is 32.0 Å². The first-order valence-corrected chi connectivity index (χ1v) is 8.92. The first kappa shape index (κ1) is 18.9. The number of aromatic nitrogens is 2. The molecular weight excluding hydrogens is 356 g/mol. The van der Waals surface area contributed by atoms with E-state index in [1.54, 1.807) is 6.20 Å². The summed E-state index contributed by atoms with van der Waals surface area (Å²) in [6.45, 7) is 6.47. The van der Waals surface area contributed by atoms with Crippen LogP contribution in [0.25, 0.3) is 10.9 Å². The maximum atomic E-state index is 12.8. The Morgan fingerprint density at radius 3 is 2.65 bits per heavy atom. The van der Waals surface area contributed by atoms with Crippen molar-refractivity contribution in [2.75, 3.05) is 44.4 Å². The van der Waals surface area contributed by atoms with Gasteiger partial charge in [-0.1, -0.05) is 0 Å². The van der Waals surface area contributed by atoms with E-state index < -0.39 is 0 Å². The van der Waals surface area contributed by atoms with E-state index in [2.05, 4.69) is 20.2 Å². The molecule has 26 heavy (non-hydrogen) atoms. The molecule has 2 aromatic heterocycles. The normalized spacial score (nSPS) is 18.6. The van der Waals surface area contributed by atoms with Crippen molar-refractivity contribution in [1.82, 2.24) is 15.3 Å². The minimum atomic E-state index is -0.0550. The van der Waals surface area contributed by atoms with Crippen LogP contribution in [-0.4, -0.2) is 61.4 Å². The van der Waals surface area contributed by atoms with E-state index in [4.69, 9.17) is 9.47 Å². The van der Waals surface area contributed by atoms with E-state index >= 15 is 0 Å². The summed E-state index contributed by atoms with van der Waals surface area (Å²) in [5, 5.41) is 4.10. The maximum absolute atomic E-state index is 12.8. The molecule has 4 heterocycles. The Balaban J connectivity index is 0.00000196. The number of carbonyl (C=O) groups is 1. The number of H-pyrrole nitrogens is 1. The first-order chi connectivity index (χ1) is 12.2. The Labute approximate surface area is 158 Å². The number of nitrogens with zero attached hydrogens (tertiary/aromatic N) is 2. The van der Waals surface area contributed by atoms with Gasteiger partial charge in [-0.25, -0.2) is 4.98 Å². The van der Waals surface area contributed by atoms with Gasteiger partial charge in [-0.05, 0) is 25.3 Å². The van der Waals surface area contributed by atoms with E-state index in [1.807, 2.05) is 13.1 Å². The number of pyridine rings is 1. The van der Waals surface area contributed by atoms with Crippen molar-refractivity contribution >= 4 is 35.0 Å². The summed E-state index contributed by atoms with van der Waals surface area (Å²) in [6, 6.07) is 0.175. The summed E-state index contributed by atoms with van der Waals surface area (Å²) >= 11 is 0. The van der Waals surface area contributed by atoms with Gasteiger partial charge in [-0.15, -0.1) is 12.4 Å². The fourth-order valence-electron chi connectivity index (χ4n) is 3.59. The molecule has 0 atom stereocenters. The van der Waals surface area contributed by atoms with Gasteiger partial charge in [0.25, 0.3) is 5.91 Å². The minimum Gasteiger partial charge on any atom is -0.381 e. The predicted molar refractivity (Wildman–Crippen MR) is 102 cm³/mol. The number of fused-ring (bicyclic) bond motifs is 1. The van der Waals surface area contributed by atoms with E-state index in [0.717, 1.165) is 48.2 Å². The molecule has 2 saturated heterocycles. The molecule has 1 amide bonds. The molecule has 0 aromatic carbocycles. The van der Waals surface area contributed by atoms with Gasteiger partial charge in [0.2, 0.25) is 0 Å². The molecule has 0 unspecified atom stereocenters. The molecule has 2 aliphatic rings. The molecular formula is C18H25ClN4O3. The largest absolute Gasteiger partial charge is 0.381 e. The number of hydrogen-bond donors (Lipinski definition) is 2. The number of aromatic amines is 1. The van der Waals surface area contributed by atoms with E-state index in [1.165, 1.54) is 0 Å². The highest BCUT2D eigenvalue weighted by Crippen LogP contribution is 2.29. The Morgan fingerprint density at radius 2 is 1.92 bits per heavy atom. The van der Waals surface area contributed by atoms with Crippen molar-refractivity contribution in [3.63, 3.8) is 0 Å². The highest BCUT2D eigenvalue weighted by atomic mass is 35.5. The highest BCUT2D eigenvalue weighted by Gasteiger charge is 2.23. The number of aryl methyl sites for hydroxylation is 1. The van der Waals surface area contributed by atoms with E-state index in [9.17, 15) is 4.79 Å². The second-order valence-corrected chi connectivity index (χ2v) is 6.68. The average molecular weight is 381 g/mol. The fourth-order valence-corrected chi connectivity index (χ4v) is 3.59. The van der Waals surface area contributed by atoms with Crippen LogP contribution in [-0.2, 0) is 9.47 Å². The zero-order valence-electron chi connectivity index (χ0n) is 14.9. The smallest absolute Gasteiger partial charge is 0.253 e. The molecule has 0 radical (unpaired) electrons. The molecule has 7 nitrogen and oxygen atoms in total. The standard InChI is InChI=1S/C18H24N4O3.ClH/c1-12-10-19-16-15(12)14(18(23)21-13-2-6-24-7-3-13)11-20-17(16)22-4-8-25-9-5-22;/h10-11,13,19H,2-9H2,1H3,(H,21,23);1H. The lowest BCUT2D eigenvalue weighted by Gasteiger charge is -2.28. The third-order valence-corrected chi connectivity index (χ3v) is 5.00. The molecule has 4 rings (SSSR count).